The van der Waals surface area contributed by atoms with Crippen LogP contribution in [0, 0.1) is 0 Å². The minimum Gasteiger partial charge on any atom is -0.472 e. The molecule has 0 bridgehead atoms. The molecule has 2 nitrogen and oxygen atoms in total. The fourth-order valence-corrected chi connectivity index (χ4v) is 1.23. The van der Waals surface area contributed by atoms with E-state index in [1.165, 1.54) is 0 Å². The van der Waals surface area contributed by atoms with Gasteiger partial charge in [-0.2, -0.15) is 0 Å². The Hall–Kier alpha value is -0.800. The van der Waals surface area contributed by atoms with Crippen molar-refractivity contribution < 1.29 is 9.15 Å². The summed E-state index contributed by atoms with van der Waals surface area (Å²) in [5, 5.41) is 0. The van der Waals surface area contributed by atoms with Crippen LogP contribution >= 0.6 is 15.9 Å². The zero-order valence-electron chi connectivity index (χ0n) is 7.91. The smallest absolute Gasteiger partial charge is 0.0960 e. The number of ether oxygens (including phenoxy) is 1. The second kappa shape index (κ2) is 5.83. The Morgan fingerprint density at radius 1 is 1.71 bits per heavy atom. The number of hydrogen-bond acceptors (Lipinski definition) is 2. The summed E-state index contributed by atoms with van der Waals surface area (Å²) in [4.78, 5) is 0. The lowest BCUT2D eigenvalue weighted by Crippen LogP contribution is -2.03. The van der Waals surface area contributed by atoms with Gasteiger partial charge in [0.2, 0.25) is 0 Å². The summed E-state index contributed by atoms with van der Waals surface area (Å²) >= 11 is 3.25. The van der Waals surface area contributed by atoms with E-state index in [1.54, 1.807) is 12.5 Å². The third kappa shape index (κ3) is 3.52. The second-order valence-electron chi connectivity index (χ2n) is 2.90. The summed E-state index contributed by atoms with van der Waals surface area (Å²) in [5.74, 6) is 0. The van der Waals surface area contributed by atoms with Crippen molar-refractivity contribution in [2.75, 3.05) is 6.61 Å². The summed E-state index contributed by atoms with van der Waals surface area (Å²) < 4.78 is 11.4. The molecule has 1 unspecified atom stereocenters. The van der Waals surface area contributed by atoms with E-state index in [1.807, 2.05) is 12.1 Å². The van der Waals surface area contributed by atoms with Gasteiger partial charge in [0.15, 0.2) is 0 Å². The van der Waals surface area contributed by atoms with Gasteiger partial charge in [0.25, 0.3) is 0 Å². The quantitative estimate of drug-likeness (QED) is 0.723. The molecule has 0 amide bonds. The van der Waals surface area contributed by atoms with Crippen molar-refractivity contribution in [3.8, 4) is 0 Å². The van der Waals surface area contributed by atoms with E-state index in [0.717, 1.165) is 16.5 Å². The van der Waals surface area contributed by atoms with Crippen molar-refractivity contribution in [2.45, 2.75) is 12.5 Å². The normalized spacial score (nSPS) is 12.4. The number of furan rings is 1. The van der Waals surface area contributed by atoms with Crippen LogP contribution in [0.2, 0.25) is 0 Å². The van der Waals surface area contributed by atoms with E-state index in [-0.39, 0.29) is 6.10 Å². The zero-order chi connectivity index (χ0) is 10.4. The van der Waals surface area contributed by atoms with Crippen LogP contribution in [0.1, 0.15) is 18.1 Å². The Labute approximate surface area is 92.4 Å². The van der Waals surface area contributed by atoms with Gasteiger partial charge < -0.3 is 9.15 Å². The van der Waals surface area contributed by atoms with E-state index in [9.17, 15) is 0 Å². The fraction of sp³-hybridized carbons (Fsp3) is 0.273. The first-order valence-electron chi connectivity index (χ1n) is 4.32. The lowest BCUT2D eigenvalue weighted by atomic mass is 10.1. The van der Waals surface area contributed by atoms with Gasteiger partial charge >= 0.3 is 0 Å². The molecule has 0 aliphatic heterocycles. The summed E-state index contributed by atoms with van der Waals surface area (Å²) in [6.07, 6.45) is 5.91. The van der Waals surface area contributed by atoms with Crippen molar-refractivity contribution in [3.63, 3.8) is 0 Å². The van der Waals surface area contributed by atoms with Gasteiger partial charge in [-0.25, -0.2) is 0 Å². The van der Waals surface area contributed by atoms with Gasteiger partial charge in [0, 0.05) is 10.0 Å². The van der Waals surface area contributed by atoms with Crippen LogP contribution < -0.4 is 0 Å². The van der Waals surface area contributed by atoms with Crippen LogP contribution in [0.3, 0.4) is 0 Å². The van der Waals surface area contributed by atoms with Crippen molar-refractivity contribution >= 4 is 15.9 Å². The van der Waals surface area contributed by atoms with E-state index >= 15 is 0 Å². The standard InChI is InChI=1S/C11H13BrO2/c1-3-4-11(14-7-9(2)12)10-5-6-13-8-10/h3,5-6,8,11H,1-2,4,7H2. The highest BCUT2D eigenvalue weighted by Crippen LogP contribution is 2.23. The van der Waals surface area contributed by atoms with E-state index < -0.39 is 0 Å². The molecule has 1 rings (SSSR count). The average molecular weight is 257 g/mol. The lowest BCUT2D eigenvalue weighted by Gasteiger charge is -2.13. The Bertz CT molecular complexity index is 290. The van der Waals surface area contributed by atoms with Gasteiger partial charge in [-0.05, 0) is 12.5 Å². The molecule has 0 aliphatic rings. The fourth-order valence-electron chi connectivity index (χ4n) is 1.10. The Balaban J connectivity index is 2.55. The summed E-state index contributed by atoms with van der Waals surface area (Å²) in [6, 6.07) is 1.89. The minimum absolute atomic E-state index is 0.000509. The maximum Gasteiger partial charge on any atom is 0.0960 e. The molecule has 14 heavy (non-hydrogen) atoms. The molecular weight excluding hydrogens is 244 g/mol. The highest BCUT2D eigenvalue weighted by molar-refractivity contribution is 9.11. The van der Waals surface area contributed by atoms with Gasteiger partial charge in [-0.15, -0.1) is 6.58 Å². The Kier molecular flexibility index (Phi) is 4.70. The van der Waals surface area contributed by atoms with Crippen LogP contribution in [-0.2, 0) is 4.74 Å². The van der Waals surface area contributed by atoms with E-state index in [2.05, 4.69) is 29.1 Å². The molecule has 0 spiro atoms. The minimum atomic E-state index is 0.000509. The number of hydrogen-bond donors (Lipinski definition) is 0. The third-order valence-electron chi connectivity index (χ3n) is 1.74. The van der Waals surface area contributed by atoms with E-state index in [4.69, 9.17) is 9.15 Å². The second-order valence-corrected chi connectivity index (χ2v) is 4.02. The molecule has 1 heterocycles. The van der Waals surface area contributed by atoms with Crippen molar-refractivity contribution in [1.82, 2.24) is 0 Å². The van der Waals surface area contributed by atoms with Crippen molar-refractivity contribution in [1.29, 1.82) is 0 Å². The first-order chi connectivity index (χ1) is 6.74. The first kappa shape index (κ1) is 11.3. The largest absolute Gasteiger partial charge is 0.472 e. The maximum absolute atomic E-state index is 5.61. The van der Waals surface area contributed by atoms with E-state index in [0.29, 0.717) is 6.61 Å². The van der Waals surface area contributed by atoms with Gasteiger partial charge in [-0.1, -0.05) is 28.6 Å². The monoisotopic (exact) mass is 256 g/mol. The molecule has 1 atom stereocenters. The zero-order valence-corrected chi connectivity index (χ0v) is 9.50. The van der Waals surface area contributed by atoms with Crippen molar-refractivity contribution in [3.05, 3.63) is 47.9 Å². The topological polar surface area (TPSA) is 22.4 Å². The van der Waals surface area contributed by atoms with Crippen LogP contribution in [0.15, 0.2) is 46.7 Å². The first-order valence-corrected chi connectivity index (χ1v) is 5.11. The van der Waals surface area contributed by atoms with Crippen molar-refractivity contribution in [2.24, 2.45) is 0 Å². The Morgan fingerprint density at radius 2 is 2.50 bits per heavy atom. The summed E-state index contributed by atoms with van der Waals surface area (Å²) in [5.41, 5.74) is 1.03. The average Bonchev–Trinajstić information content (AvgIpc) is 2.64. The summed E-state index contributed by atoms with van der Waals surface area (Å²) in [6.45, 7) is 7.89. The Morgan fingerprint density at radius 3 is 3.00 bits per heavy atom. The van der Waals surface area contributed by atoms with Crippen LogP contribution in [0.4, 0.5) is 0 Å². The number of rotatable bonds is 6. The molecule has 1 aromatic heterocycles. The molecular formula is C11H13BrO2. The molecule has 0 aliphatic carbocycles. The van der Waals surface area contributed by atoms with Gasteiger partial charge in [0.05, 0.1) is 25.2 Å². The molecule has 0 N–H and O–H groups in total. The molecule has 1 aromatic rings. The van der Waals surface area contributed by atoms with Crippen LogP contribution in [0.25, 0.3) is 0 Å². The summed E-state index contributed by atoms with van der Waals surface area (Å²) in [7, 11) is 0. The molecule has 0 fully saturated rings. The lowest BCUT2D eigenvalue weighted by molar-refractivity contribution is 0.0750. The highest BCUT2D eigenvalue weighted by Gasteiger charge is 2.11. The molecule has 0 radical (unpaired) electrons. The van der Waals surface area contributed by atoms with Gasteiger partial charge in [-0.3, -0.25) is 0 Å². The third-order valence-corrected chi connectivity index (χ3v) is 1.97. The maximum atomic E-state index is 5.61. The van der Waals surface area contributed by atoms with Crippen LogP contribution in [0.5, 0.6) is 0 Å². The predicted octanol–water partition coefficient (Wildman–Crippen LogP) is 3.82. The molecule has 3 heteroatoms. The van der Waals surface area contributed by atoms with Gasteiger partial charge in [0.1, 0.15) is 0 Å². The SMILES string of the molecule is C=CCC(OCC(=C)Br)c1ccoc1. The highest BCUT2D eigenvalue weighted by atomic mass is 79.9. The molecule has 0 saturated carbocycles. The van der Waals surface area contributed by atoms with Crippen LogP contribution in [-0.4, -0.2) is 6.61 Å². The molecule has 76 valence electrons. The molecule has 0 aromatic carbocycles. The number of halogens is 1. The molecule has 0 saturated heterocycles. The predicted molar refractivity (Wildman–Crippen MR) is 60.3 cm³/mol.